The number of benzene rings is 1. The highest BCUT2D eigenvalue weighted by atomic mass is 79.9. The molecule has 0 aliphatic rings. The van der Waals surface area contributed by atoms with Crippen LogP contribution in [0, 0.1) is 0 Å². The monoisotopic (exact) mass is 298 g/mol. The smallest absolute Gasteiger partial charge is 0.137 e. The van der Waals surface area contributed by atoms with Gasteiger partial charge in [-0.25, -0.2) is 0 Å². The van der Waals surface area contributed by atoms with Crippen LogP contribution < -0.4 is 4.74 Å². The molecular formula is C9H9BrCl2O2. The summed E-state index contributed by atoms with van der Waals surface area (Å²) in [5.41, 5.74) is 0.611. The van der Waals surface area contributed by atoms with Gasteiger partial charge in [0, 0.05) is 10.0 Å². The Kier molecular flexibility index (Phi) is 4.51. The van der Waals surface area contributed by atoms with Crippen LogP contribution in [0.4, 0.5) is 0 Å². The first-order valence-electron chi connectivity index (χ1n) is 3.86. The minimum absolute atomic E-state index is 0.611. The molecule has 1 rings (SSSR count). The summed E-state index contributed by atoms with van der Waals surface area (Å²) in [6.45, 7) is 0. The standard InChI is InChI=1S/C9H9BrCl2O2/c1-14-5-2-3-7(10)6(4-5)8(13)9(11)12/h2-4,8-9,13H,1H3. The van der Waals surface area contributed by atoms with Gasteiger partial charge in [0.2, 0.25) is 0 Å². The summed E-state index contributed by atoms with van der Waals surface area (Å²) in [5.74, 6) is 0.649. The van der Waals surface area contributed by atoms with E-state index >= 15 is 0 Å². The van der Waals surface area contributed by atoms with Gasteiger partial charge < -0.3 is 9.84 Å². The van der Waals surface area contributed by atoms with Crippen molar-refractivity contribution < 1.29 is 9.84 Å². The predicted molar refractivity (Wildman–Crippen MR) is 61.1 cm³/mol. The fourth-order valence-electron chi connectivity index (χ4n) is 1.01. The van der Waals surface area contributed by atoms with E-state index < -0.39 is 10.9 Å². The van der Waals surface area contributed by atoms with E-state index in [0.29, 0.717) is 11.3 Å². The summed E-state index contributed by atoms with van der Waals surface area (Å²) in [4.78, 5) is -0.863. The third kappa shape index (κ3) is 2.76. The van der Waals surface area contributed by atoms with Crippen molar-refractivity contribution in [2.75, 3.05) is 7.11 Å². The first-order valence-corrected chi connectivity index (χ1v) is 5.52. The summed E-state index contributed by atoms with van der Waals surface area (Å²) >= 11 is 14.5. The molecule has 0 aromatic heterocycles. The van der Waals surface area contributed by atoms with Crippen molar-refractivity contribution in [3.05, 3.63) is 28.2 Å². The lowest BCUT2D eigenvalue weighted by atomic mass is 10.1. The molecule has 1 N–H and O–H groups in total. The third-order valence-corrected chi connectivity index (χ3v) is 2.96. The molecule has 0 radical (unpaired) electrons. The van der Waals surface area contributed by atoms with Gasteiger partial charge in [-0.05, 0) is 18.2 Å². The molecule has 0 heterocycles. The van der Waals surface area contributed by atoms with Gasteiger partial charge in [0.1, 0.15) is 16.7 Å². The van der Waals surface area contributed by atoms with E-state index in [4.69, 9.17) is 27.9 Å². The van der Waals surface area contributed by atoms with Crippen LogP contribution in [0.5, 0.6) is 5.75 Å². The Hall–Kier alpha value is 0.0400. The zero-order valence-corrected chi connectivity index (χ0v) is 10.5. The minimum atomic E-state index is -0.928. The van der Waals surface area contributed by atoms with Gasteiger partial charge in [0.25, 0.3) is 0 Å². The number of hydrogen-bond donors (Lipinski definition) is 1. The number of aliphatic hydroxyl groups is 1. The number of alkyl halides is 2. The minimum Gasteiger partial charge on any atom is -0.497 e. The van der Waals surface area contributed by atoms with E-state index in [0.717, 1.165) is 4.47 Å². The van der Waals surface area contributed by atoms with Crippen LogP contribution in [-0.4, -0.2) is 17.1 Å². The molecular weight excluding hydrogens is 291 g/mol. The maximum Gasteiger partial charge on any atom is 0.137 e. The Labute approximate surface area is 101 Å². The SMILES string of the molecule is COc1ccc(Br)c(C(O)C(Cl)Cl)c1. The van der Waals surface area contributed by atoms with E-state index in [2.05, 4.69) is 15.9 Å². The number of ether oxygens (including phenoxy) is 1. The van der Waals surface area contributed by atoms with Crippen molar-refractivity contribution >= 4 is 39.1 Å². The van der Waals surface area contributed by atoms with Crippen molar-refractivity contribution in [1.29, 1.82) is 0 Å². The average Bonchev–Trinajstić information content (AvgIpc) is 2.17. The zero-order valence-electron chi connectivity index (χ0n) is 7.38. The van der Waals surface area contributed by atoms with E-state index in [-0.39, 0.29) is 0 Å². The molecule has 0 fully saturated rings. The number of aliphatic hydroxyl groups excluding tert-OH is 1. The van der Waals surface area contributed by atoms with Crippen LogP contribution >= 0.6 is 39.1 Å². The van der Waals surface area contributed by atoms with Crippen molar-refractivity contribution in [3.63, 3.8) is 0 Å². The molecule has 0 aliphatic carbocycles. The first-order chi connectivity index (χ1) is 6.56. The normalized spacial score (nSPS) is 13.0. The number of hydrogen-bond acceptors (Lipinski definition) is 2. The van der Waals surface area contributed by atoms with Crippen molar-refractivity contribution in [2.24, 2.45) is 0 Å². The Morgan fingerprint density at radius 2 is 2.07 bits per heavy atom. The summed E-state index contributed by atoms with van der Waals surface area (Å²) in [6.07, 6.45) is -0.928. The second-order valence-electron chi connectivity index (χ2n) is 2.67. The van der Waals surface area contributed by atoms with Crippen LogP contribution in [0.1, 0.15) is 11.7 Å². The first kappa shape index (κ1) is 12.1. The van der Waals surface area contributed by atoms with E-state index in [1.54, 1.807) is 25.3 Å². The molecule has 1 unspecified atom stereocenters. The molecule has 1 aromatic carbocycles. The van der Waals surface area contributed by atoms with Crippen molar-refractivity contribution in [1.82, 2.24) is 0 Å². The second-order valence-corrected chi connectivity index (χ2v) is 4.68. The quantitative estimate of drug-likeness (QED) is 0.868. The van der Waals surface area contributed by atoms with Gasteiger partial charge in [0.05, 0.1) is 7.11 Å². The molecule has 0 saturated carbocycles. The second kappa shape index (κ2) is 5.21. The molecule has 2 nitrogen and oxygen atoms in total. The molecule has 0 aliphatic heterocycles. The topological polar surface area (TPSA) is 29.5 Å². The molecule has 0 amide bonds. The molecule has 0 saturated heterocycles. The van der Waals surface area contributed by atoms with Crippen LogP contribution in [0.3, 0.4) is 0 Å². The van der Waals surface area contributed by atoms with Gasteiger partial charge in [-0.3, -0.25) is 0 Å². The predicted octanol–water partition coefficient (Wildman–Crippen LogP) is 3.29. The Bertz CT molecular complexity index is 318. The molecule has 0 spiro atoms. The number of halogens is 3. The molecule has 0 bridgehead atoms. The highest BCUT2D eigenvalue weighted by Gasteiger charge is 2.18. The largest absolute Gasteiger partial charge is 0.497 e. The maximum absolute atomic E-state index is 9.65. The van der Waals surface area contributed by atoms with Gasteiger partial charge in [-0.15, -0.1) is 23.2 Å². The van der Waals surface area contributed by atoms with Crippen LogP contribution in [0.15, 0.2) is 22.7 Å². The van der Waals surface area contributed by atoms with Crippen LogP contribution in [-0.2, 0) is 0 Å². The fraction of sp³-hybridized carbons (Fsp3) is 0.333. The summed E-state index contributed by atoms with van der Waals surface area (Å²) in [7, 11) is 1.55. The van der Waals surface area contributed by atoms with Gasteiger partial charge in [-0.2, -0.15) is 0 Å². The average molecular weight is 300 g/mol. The summed E-state index contributed by atoms with van der Waals surface area (Å²) in [6, 6.07) is 5.23. The molecule has 5 heteroatoms. The fourth-order valence-corrected chi connectivity index (χ4v) is 1.76. The van der Waals surface area contributed by atoms with E-state index in [1.165, 1.54) is 0 Å². The Morgan fingerprint density at radius 1 is 1.43 bits per heavy atom. The van der Waals surface area contributed by atoms with Gasteiger partial charge in [-0.1, -0.05) is 15.9 Å². The van der Waals surface area contributed by atoms with E-state index in [9.17, 15) is 5.11 Å². The summed E-state index contributed by atoms with van der Waals surface area (Å²) < 4.78 is 5.77. The molecule has 1 aromatic rings. The Balaban J connectivity index is 3.05. The lowest BCUT2D eigenvalue weighted by molar-refractivity contribution is 0.191. The molecule has 1 atom stereocenters. The zero-order chi connectivity index (χ0) is 10.7. The van der Waals surface area contributed by atoms with Gasteiger partial charge >= 0.3 is 0 Å². The third-order valence-electron chi connectivity index (χ3n) is 1.76. The lowest BCUT2D eigenvalue weighted by Gasteiger charge is -2.14. The van der Waals surface area contributed by atoms with Crippen molar-refractivity contribution in [3.8, 4) is 5.75 Å². The highest BCUT2D eigenvalue weighted by molar-refractivity contribution is 9.10. The highest BCUT2D eigenvalue weighted by Crippen LogP contribution is 2.32. The van der Waals surface area contributed by atoms with Gasteiger partial charge in [0.15, 0.2) is 0 Å². The number of rotatable bonds is 3. The van der Waals surface area contributed by atoms with Crippen LogP contribution in [0.2, 0.25) is 0 Å². The van der Waals surface area contributed by atoms with Crippen molar-refractivity contribution in [2.45, 2.75) is 10.9 Å². The lowest BCUT2D eigenvalue weighted by Crippen LogP contribution is -2.06. The molecule has 14 heavy (non-hydrogen) atoms. The number of methoxy groups -OCH3 is 1. The summed E-state index contributed by atoms with van der Waals surface area (Å²) in [5, 5.41) is 9.65. The Morgan fingerprint density at radius 3 is 2.57 bits per heavy atom. The molecule has 78 valence electrons. The van der Waals surface area contributed by atoms with Crippen LogP contribution in [0.25, 0.3) is 0 Å². The maximum atomic E-state index is 9.65. The van der Waals surface area contributed by atoms with E-state index in [1.807, 2.05) is 0 Å².